The molecule has 2 aliphatic heterocycles. The summed E-state index contributed by atoms with van der Waals surface area (Å²) in [5.41, 5.74) is 0.492. The molecule has 0 saturated carbocycles. The number of ether oxygens (including phenoxy) is 2. The zero-order chi connectivity index (χ0) is 21.8. The van der Waals surface area contributed by atoms with Gasteiger partial charge in [0.2, 0.25) is 0 Å². The summed E-state index contributed by atoms with van der Waals surface area (Å²) in [6, 6.07) is 10.5. The Morgan fingerprint density at radius 2 is 1.87 bits per heavy atom. The van der Waals surface area contributed by atoms with Crippen LogP contribution in [0.2, 0.25) is 0 Å². The summed E-state index contributed by atoms with van der Waals surface area (Å²) in [4.78, 5) is 28.9. The smallest absolute Gasteiger partial charge is 0.270 e. The van der Waals surface area contributed by atoms with Gasteiger partial charge in [0.15, 0.2) is 5.11 Å². The molecule has 2 fully saturated rings. The number of thiocarbonyl (C=S) groups is 1. The van der Waals surface area contributed by atoms with Crippen LogP contribution in [0, 0.1) is 6.92 Å². The molecule has 2 aromatic rings. The number of hydrogen-bond acceptors (Lipinski definition) is 7. The van der Waals surface area contributed by atoms with Crippen molar-refractivity contribution in [3.63, 3.8) is 0 Å². The van der Waals surface area contributed by atoms with E-state index in [4.69, 9.17) is 26.1 Å². The molecule has 0 radical (unpaired) electrons. The van der Waals surface area contributed by atoms with Crippen LogP contribution in [-0.4, -0.2) is 61.3 Å². The number of hydrogen-bond donors (Lipinski definition) is 1. The Hall–Kier alpha value is -3.01. The molecule has 4 rings (SSSR count). The number of morpholine rings is 1. The second kappa shape index (κ2) is 9.42. The lowest BCUT2D eigenvalue weighted by molar-refractivity contribution is -0.122. The molecule has 1 N–H and O–H groups in total. The van der Waals surface area contributed by atoms with E-state index in [9.17, 15) is 9.59 Å². The zero-order valence-electron chi connectivity index (χ0n) is 17.1. The summed E-state index contributed by atoms with van der Waals surface area (Å²) in [6.07, 6.45) is 1.42. The normalized spacial score (nSPS) is 19.1. The number of nitrogens with zero attached hydrogens (tertiary/aromatic N) is 2. The topological polar surface area (TPSA) is 84.3 Å². The van der Waals surface area contributed by atoms with Gasteiger partial charge >= 0.3 is 0 Å². The molecule has 0 atom stereocenters. The molecule has 162 valence electrons. The molecular weight excluding hydrogens is 418 g/mol. The van der Waals surface area contributed by atoms with Gasteiger partial charge in [-0.25, -0.2) is 0 Å². The average molecular weight is 442 g/mol. The molecule has 3 heterocycles. The van der Waals surface area contributed by atoms with Crippen molar-refractivity contribution in [2.24, 2.45) is 0 Å². The number of benzene rings is 1. The van der Waals surface area contributed by atoms with E-state index in [1.54, 1.807) is 43.3 Å². The van der Waals surface area contributed by atoms with Crippen molar-refractivity contribution in [1.82, 2.24) is 10.2 Å². The van der Waals surface area contributed by atoms with Gasteiger partial charge in [0, 0.05) is 19.6 Å². The summed E-state index contributed by atoms with van der Waals surface area (Å²) in [7, 11) is 0. The summed E-state index contributed by atoms with van der Waals surface area (Å²) >= 11 is 5.24. The van der Waals surface area contributed by atoms with E-state index in [1.165, 1.54) is 11.0 Å². The van der Waals surface area contributed by atoms with E-state index in [0.29, 0.717) is 29.6 Å². The van der Waals surface area contributed by atoms with E-state index >= 15 is 0 Å². The van der Waals surface area contributed by atoms with Gasteiger partial charge < -0.3 is 13.9 Å². The minimum absolute atomic E-state index is 0.0313. The van der Waals surface area contributed by atoms with Crippen molar-refractivity contribution in [3.8, 4) is 5.75 Å². The third-order valence-corrected chi connectivity index (χ3v) is 5.31. The van der Waals surface area contributed by atoms with Crippen LogP contribution < -0.4 is 15.0 Å². The van der Waals surface area contributed by atoms with E-state index in [0.717, 1.165) is 32.8 Å². The fourth-order valence-corrected chi connectivity index (χ4v) is 3.66. The highest BCUT2D eigenvalue weighted by Crippen LogP contribution is 2.25. The van der Waals surface area contributed by atoms with Crippen molar-refractivity contribution in [2.45, 2.75) is 6.92 Å². The molecule has 31 heavy (non-hydrogen) atoms. The molecule has 0 spiro atoms. The lowest BCUT2D eigenvalue weighted by Gasteiger charge is -2.29. The van der Waals surface area contributed by atoms with Crippen molar-refractivity contribution >= 4 is 40.9 Å². The molecule has 9 heteroatoms. The molecule has 1 aromatic carbocycles. The fraction of sp³-hybridized carbons (Fsp3) is 0.318. The summed E-state index contributed by atoms with van der Waals surface area (Å²) < 4.78 is 16.6. The minimum Gasteiger partial charge on any atom is -0.492 e. The number of carbonyl (C=O) groups is 2. The lowest BCUT2D eigenvalue weighted by Crippen LogP contribution is -2.54. The summed E-state index contributed by atoms with van der Waals surface area (Å²) in [6.45, 7) is 6.51. The first-order valence-corrected chi connectivity index (χ1v) is 10.4. The number of amides is 2. The van der Waals surface area contributed by atoms with Gasteiger partial charge in [-0.3, -0.25) is 24.7 Å². The molecule has 0 aliphatic carbocycles. The SMILES string of the molecule is Cc1ccc(C=C2C(=O)NC(=S)N(c3ccc(OCCN4CCOCC4)cc3)C2=O)o1. The maximum Gasteiger partial charge on any atom is 0.270 e. The third kappa shape index (κ3) is 5.01. The molecule has 2 saturated heterocycles. The Labute approximate surface area is 185 Å². The van der Waals surface area contributed by atoms with Crippen molar-refractivity contribution in [2.75, 3.05) is 44.4 Å². The van der Waals surface area contributed by atoms with Crippen LogP contribution in [0.15, 0.2) is 46.4 Å². The zero-order valence-corrected chi connectivity index (χ0v) is 17.9. The van der Waals surface area contributed by atoms with Crippen LogP contribution >= 0.6 is 12.2 Å². The highest BCUT2D eigenvalue weighted by Gasteiger charge is 2.34. The largest absolute Gasteiger partial charge is 0.492 e. The first kappa shape index (κ1) is 21.2. The second-order valence-corrected chi connectivity index (χ2v) is 7.59. The molecule has 8 nitrogen and oxygen atoms in total. The molecule has 2 aliphatic rings. The Bertz CT molecular complexity index is 1010. The third-order valence-electron chi connectivity index (χ3n) is 5.02. The van der Waals surface area contributed by atoms with Gasteiger partial charge in [-0.15, -0.1) is 0 Å². The van der Waals surface area contributed by atoms with Crippen LogP contribution in [-0.2, 0) is 14.3 Å². The molecule has 2 amide bonds. The lowest BCUT2D eigenvalue weighted by atomic mass is 10.1. The average Bonchev–Trinajstić information content (AvgIpc) is 3.18. The van der Waals surface area contributed by atoms with E-state index in [1.807, 2.05) is 0 Å². The van der Waals surface area contributed by atoms with Crippen LogP contribution in [0.4, 0.5) is 5.69 Å². The maximum absolute atomic E-state index is 13.0. The van der Waals surface area contributed by atoms with E-state index < -0.39 is 11.8 Å². The molecule has 1 aromatic heterocycles. The highest BCUT2D eigenvalue weighted by atomic mass is 32.1. The van der Waals surface area contributed by atoms with Crippen molar-refractivity contribution in [3.05, 3.63) is 53.5 Å². The van der Waals surface area contributed by atoms with Crippen LogP contribution in [0.1, 0.15) is 11.5 Å². The summed E-state index contributed by atoms with van der Waals surface area (Å²) in [5.74, 6) is 0.741. The Morgan fingerprint density at radius 1 is 1.13 bits per heavy atom. The van der Waals surface area contributed by atoms with Gasteiger partial charge in [0.1, 0.15) is 29.4 Å². The van der Waals surface area contributed by atoms with Gasteiger partial charge in [0.25, 0.3) is 11.8 Å². The molecule has 0 bridgehead atoms. The van der Waals surface area contributed by atoms with Crippen LogP contribution in [0.5, 0.6) is 5.75 Å². The first-order valence-electron chi connectivity index (χ1n) is 10.0. The number of anilines is 1. The van der Waals surface area contributed by atoms with Gasteiger partial charge in [0.05, 0.1) is 18.9 Å². The Balaban J connectivity index is 1.43. The number of furan rings is 1. The Morgan fingerprint density at radius 3 is 2.55 bits per heavy atom. The number of carbonyl (C=O) groups excluding carboxylic acids is 2. The number of rotatable bonds is 6. The van der Waals surface area contributed by atoms with Crippen LogP contribution in [0.3, 0.4) is 0 Å². The summed E-state index contributed by atoms with van der Waals surface area (Å²) in [5, 5.41) is 2.59. The molecule has 0 unspecified atom stereocenters. The predicted molar refractivity (Wildman–Crippen MR) is 119 cm³/mol. The van der Waals surface area contributed by atoms with Crippen molar-refractivity contribution in [1.29, 1.82) is 0 Å². The molecular formula is C22H23N3O5S. The van der Waals surface area contributed by atoms with E-state index in [-0.39, 0.29) is 10.7 Å². The quantitative estimate of drug-likeness (QED) is 0.418. The first-order chi connectivity index (χ1) is 15.0. The monoisotopic (exact) mass is 441 g/mol. The maximum atomic E-state index is 13.0. The number of nitrogens with one attached hydrogen (secondary N) is 1. The van der Waals surface area contributed by atoms with Gasteiger partial charge in [-0.05, 0) is 61.6 Å². The highest BCUT2D eigenvalue weighted by molar-refractivity contribution is 7.80. The Kier molecular flexibility index (Phi) is 6.45. The van der Waals surface area contributed by atoms with E-state index in [2.05, 4.69) is 10.2 Å². The minimum atomic E-state index is -0.552. The van der Waals surface area contributed by atoms with Gasteiger partial charge in [-0.2, -0.15) is 0 Å². The fourth-order valence-electron chi connectivity index (χ4n) is 3.37. The predicted octanol–water partition coefficient (Wildman–Crippen LogP) is 2.13. The van der Waals surface area contributed by atoms with Gasteiger partial charge in [-0.1, -0.05) is 0 Å². The second-order valence-electron chi connectivity index (χ2n) is 7.20. The van der Waals surface area contributed by atoms with Crippen molar-refractivity contribution < 1.29 is 23.5 Å². The standard InChI is InChI=1S/C22H23N3O5S/c1-15-2-5-18(30-15)14-19-20(26)23-22(31)25(21(19)27)16-3-6-17(7-4-16)29-13-10-24-8-11-28-12-9-24/h2-7,14H,8-13H2,1H3,(H,23,26,31). The number of aryl methyl sites for hydroxylation is 1. The van der Waals surface area contributed by atoms with Crippen LogP contribution in [0.25, 0.3) is 6.08 Å².